The van der Waals surface area contributed by atoms with Crippen molar-refractivity contribution in [2.24, 2.45) is 0 Å². The van der Waals surface area contributed by atoms with Crippen LogP contribution in [0.15, 0.2) is 24.3 Å². The molecule has 0 radical (unpaired) electrons. The van der Waals surface area contributed by atoms with Crippen LogP contribution in [0.2, 0.25) is 0 Å². The molecule has 0 bridgehead atoms. The van der Waals surface area contributed by atoms with Crippen LogP contribution in [0, 0.1) is 0 Å². The van der Waals surface area contributed by atoms with Crippen molar-refractivity contribution in [2.75, 3.05) is 12.3 Å². The lowest BCUT2D eigenvalue weighted by Crippen LogP contribution is -2.41. The van der Waals surface area contributed by atoms with E-state index in [0.29, 0.717) is 6.54 Å². The van der Waals surface area contributed by atoms with Gasteiger partial charge in [0.2, 0.25) is 0 Å². The van der Waals surface area contributed by atoms with E-state index in [1.54, 1.807) is 0 Å². The molecule has 2 aliphatic heterocycles. The van der Waals surface area contributed by atoms with E-state index in [-0.39, 0.29) is 23.6 Å². The van der Waals surface area contributed by atoms with Crippen LogP contribution in [-0.2, 0) is 15.9 Å². The first-order valence-corrected chi connectivity index (χ1v) is 8.63. The van der Waals surface area contributed by atoms with Crippen molar-refractivity contribution in [1.29, 1.82) is 0 Å². The standard InChI is InChI=1S/C16H22BNO3S/c1-15(2)16(3,4)21-17(20-15)13-7-5-12(6-8-13)11-18-9-10-22-14(18)19/h5-8H,9-11H2,1-4H3. The Morgan fingerprint density at radius 1 is 1.14 bits per heavy atom. The third-order valence-corrected chi connectivity index (χ3v) is 5.62. The number of benzene rings is 1. The third kappa shape index (κ3) is 2.92. The van der Waals surface area contributed by atoms with E-state index in [2.05, 4.69) is 39.8 Å². The molecule has 0 atom stereocenters. The zero-order chi connectivity index (χ0) is 16.0. The van der Waals surface area contributed by atoms with Gasteiger partial charge in [0, 0.05) is 18.8 Å². The van der Waals surface area contributed by atoms with E-state index in [1.165, 1.54) is 11.8 Å². The number of thioether (sulfide) groups is 1. The molecule has 1 aromatic carbocycles. The topological polar surface area (TPSA) is 38.8 Å². The molecule has 3 rings (SSSR count). The zero-order valence-electron chi connectivity index (χ0n) is 13.6. The summed E-state index contributed by atoms with van der Waals surface area (Å²) in [7, 11) is -0.331. The number of carbonyl (C=O) groups is 1. The van der Waals surface area contributed by atoms with Gasteiger partial charge in [-0.05, 0) is 38.7 Å². The molecule has 2 heterocycles. The van der Waals surface area contributed by atoms with E-state index in [1.807, 2.05) is 17.0 Å². The summed E-state index contributed by atoms with van der Waals surface area (Å²) in [5, 5.41) is 0.176. The lowest BCUT2D eigenvalue weighted by atomic mass is 9.79. The molecule has 1 aromatic rings. The number of carbonyl (C=O) groups excluding carboxylic acids is 1. The maximum atomic E-state index is 11.6. The van der Waals surface area contributed by atoms with E-state index >= 15 is 0 Å². The Morgan fingerprint density at radius 2 is 1.73 bits per heavy atom. The molecule has 4 nitrogen and oxygen atoms in total. The van der Waals surface area contributed by atoms with Gasteiger partial charge in [0.05, 0.1) is 11.2 Å². The second-order valence-electron chi connectivity index (χ2n) is 6.87. The van der Waals surface area contributed by atoms with Crippen LogP contribution in [0.1, 0.15) is 33.3 Å². The Bertz CT molecular complexity index is 557. The molecule has 6 heteroatoms. The Kier molecular flexibility index (Phi) is 4.04. The molecule has 2 fully saturated rings. The Labute approximate surface area is 136 Å². The monoisotopic (exact) mass is 319 g/mol. The van der Waals surface area contributed by atoms with E-state index in [0.717, 1.165) is 23.3 Å². The minimum absolute atomic E-state index is 0.176. The molecule has 1 amide bonds. The van der Waals surface area contributed by atoms with E-state index in [4.69, 9.17) is 9.31 Å². The van der Waals surface area contributed by atoms with Gasteiger partial charge in [-0.3, -0.25) is 4.79 Å². The number of amides is 1. The van der Waals surface area contributed by atoms with Crippen LogP contribution >= 0.6 is 11.8 Å². The average Bonchev–Trinajstić information content (AvgIpc) is 2.92. The number of hydrogen-bond donors (Lipinski definition) is 0. The van der Waals surface area contributed by atoms with Crippen LogP contribution in [0.3, 0.4) is 0 Å². The molecular weight excluding hydrogens is 297 g/mol. The van der Waals surface area contributed by atoms with Gasteiger partial charge in [0.15, 0.2) is 0 Å². The van der Waals surface area contributed by atoms with Crippen molar-refractivity contribution >= 4 is 29.6 Å². The summed E-state index contributed by atoms with van der Waals surface area (Å²) in [6, 6.07) is 8.17. The Morgan fingerprint density at radius 3 is 2.23 bits per heavy atom. The largest absolute Gasteiger partial charge is 0.494 e. The van der Waals surface area contributed by atoms with Crippen molar-refractivity contribution in [1.82, 2.24) is 4.90 Å². The Hall–Kier alpha value is -0.975. The normalized spacial score (nSPS) is 23.4. The lowest BCUT2D eigenvalue weighted by Gasteiger charge is -2.32. The SMILES string of the molecule is CC1(C)OB(c2ccc(CN3CCSC3=O)cc2)OC1(C)C. The predicted octanol–water partition coefficient (Wildman–Crippen LogP) is 2.65. The van der Waals surface area contributed by atoms with Gasteiger partial charge >= 0.3 is 7.12 Å². The maximum absolute atomic E-state index is 11.6. The van der Waals surface area contributed by atoms with Gasteiger partial charge in [-0.15, -0.1) is 0 Å². The first kappa shape index (κ1) is 15.9. The minimum atomic E-state index is -0.331. The second-order valence-corrected chi connectivity index (χ2v) is 7.91. The lowest BCUT2D eigenvalue weighted by molar-refractivity contribution is 0.00578. The molecule has 0 aromatic heterocycles. The summed E-state index contributed by atoms with van der Waals surface area (Å²) in [5.41, 5.74) is 1.51. The fourth-order valence-corrected chi connectivity index (χ4v) is 3.37. The van der Waals surface area contributed by atoms with Gasteiger partial charge in [0.1, 0.15) is 0 Å². The summed E-state index contributed by atoms with van der Waals surface area (Å²) in [6.45, 7) is 9.73. The van der Waals surface area contributed by atoms with Crippen molar-refractivity contribution in [3.8, 4) is 0 Å². The second kappa shape index (κ2) is 5.58. The van der Waals surface area contributed by atoms with E-state index < -0.39 is 0 Å². The zero-order valence-corrected chi connectivity index (χ0v) is 14.4. The van der Waals surface area contributed by atoms with Gasteiger partial charge < -0.3 is 14.2 Å². The van der Waals surface area contributed by atoms with Gasteiger partial charge in [-0.2, -0.15) is 0 Å². The fraction of sp³-hybridized carbons (Fsp3) is 0.562. The smallest absolute Gasteiger partial charge is 0.399 e. The van der Waals surface area contributed by atoms with Gasteiger partial charge in [-0.25, -0.2) is 0 Å². The number of rotatable bonds is 3. The first-order chi connectivity index (χ1) is 10.3. The highest BCUT2D eigenvalue weighted by Gasteiger charge is 2.51. The summed E-state index contributed by atoms with van der Waals surface area (Å²) >= 11 is 1.39. The third-order valence-electron chi connectivity index (χ3n) is 4.72. The molecule has 0 unspecified atom stereocenters. The first-order valence-electron chi connectivity index (χ1n) is 7.65. The average molecular weight is 319 g/mol. The number of nitrogens with zero attached hydrogens (tertiary/aromatic N) is 1. The molecule has 0 aliphatic carbocycles. The van der Waals surface area contributed by atoms with Crippen molar-refractivity contribution in [2.45, 2.75) is 45.4 Å². The van der Waals surface area contributed by atoms with Crippen LogP contribution in [0.5, 0.6) is 0 Å². The maximum Gasteiger partial charge on any atom is 0.494 e. The summed E-state index contributed by atoms with van der Waals surface area (Å²) in [4.78, 5) is 13.5. The molecule has 0 spiro atoms. The highest BCUT2D eigenvalue weighted by atomic mass is 32.2. The van der Waals surface area contributed by atoms with Crippen molar-refractivity contribution < 1.29 is 14.1 Å². The number of hydrogen-bond acceptors (Lipinski definition) is 4. The summed E-state index contributed by atoms with van der Waals surface area (Å²) in [5.74, 6) is 0.894. The van der Waals surface area contributed by atoms with E-state index in [9.17, 15) is 4.79 Å². The molecule has 0 N–H and O–H groups in total. The highest BCUT2D eigenvalue weighted by Crippen LogP contribution is 2.36. The minimum Gasteiger partial charge on any atom is -0.399 e. The molecule has 22 heavy (non-hydrogen) atoms. The highest BCUT2D eigenvalue weighted by molar-refractivity contribution is 8.13. The quantitative estimate of drug-likeness (QED) is 0.803. The Balaban J connectivity index is 1.69. The van der Waals surface area contributed by atoms with Gasteiger partial charge in [-0.1, -0.05) is 36.0 Å². The predicted molar refractivity (Wildman–Crippen MR) is 90.4 cm³/mol. The fourth-order valence-electron chi connectivity index (χ4n) is 2.55. The van der Waals surface area contributed by atoms with Crippen LogP contribution < -0.4 is 5.46 Å². The molecule has 2 aliphatic rings. The summed E-state index contributed by atoms with van der Waals surface area (Å²) in [6.07, 6.45) is 0. The molecular formula is C16H22BNO3S. The molecule has 118 valence electrons. The van der Waals surface area contributed by atoms with Crippen LogP contribution in [0.25, 0.3) is 0 Å². The molecule has 0 saturated carbocycles. The van der Waals surface area contributed by atoms with Crippen LogP contribution in [0.4, 0.5) is 4.79 Å². The van der Waals surface area contributed by atoms with Crippen LogP contribution in [-0.4, -0.2) is 40.8 Å². The van der Waals surface area contributed by atoms with Crippen molar-refractivity contribution in [3.05, 3.63) is 29.8 Å². The van der Waals surface area contributed by atoms with Gasteiger partial charge in [0.25, 0.3) is 5.24 Å². The summed E-state index contributed by atoms with van der Waals surface area (Å²) < 4.78 is 12.1. The van der Waals surface area contributed by atoms with Crippen molar-refractivity contribution in [3.63, 3.8) is 0 Å². The molecule has 2 saturated heterocycles.